The maximum absolute atomic E-state index is 12.7. The molecule has 0 bridgehead atoms. The predicted molar refractivity (Wildman–Crippen MR) is 68.1 cm³/mol. The molecule has 4 nitrogen and oxygen atoms in total. The van der Waals surface area contributed by atoms with Gasteiger partial charge in [-0.15, -0.1) is 0 Å². The fraction of sp³-hybridized carbons (Fsp3) is 0.231. The van der Waals surface area contributed by atoms with Gasteiger partial charge in [0, 0.05) is 5.56 Å². The Morgan fingerprint density at radius 3 is 2.35 bits per heavy atom. The number of halogens is 3. The molecule has 0 atom stereocenters. The van der Waals surface area contributed by atoms with E-state index in [9.17, 15) is 13.2 Å². The maximum atomic E-state index is 12.7. The van der Waals surface area contributed by atoms with Gasteiger partial charge in [-0.2, -0.15) is 13.2 Å². The first-order chi connectivity index (χ1) is 9.40. The van der Waals surface area contributed by atoms with E-state index in [1.807, 2.05) is 6.92 Å². The average molecular weight is 283 g/mol. The molecule has 20 heavy (non-hydrogen) atoms. The third kappa shape index (κ3) is 3.17. The van der Waals surface area contributed by atoms with Crippen molar-refractivity contribution in [2.45, 2.75) is 13.1 Å². The van der Waals surface area contributed by atoms with Gasteiger partial charge in [-0.25, -0.2) is 9.97 Å². The third-order valence-electron chi connectivity index (χ3n) is 2.49. The summed E-state index contributed by atoms with van der Waals surface area (Å²) in [5.74, 6) is 0.220. The van der Waals surface area contributed by atoms with Crippen LogP contribution in [-0.4, -0.2) is 16.6 Å². The second kappa shape index (κ2) is 5.36. The number of rotatable bonds is 3. The maximum Gasteiger partial charge on any atom is 0.433 e. The van der Waals surface area contributed by atoms with Crippen LogP contribution in [-0.2, 0) is 6.18 Å². The molecule has 0 aliphatic heterocycles. The number of aromatic nitrogens is 2. The van der Waals surface area contributed by atoms with E-state index in [-0.39, 0.29) is 5.69 Å². The Bertz CT molecular complexity index is 597. The van der Waals surface area contributed by atoms with Gasteiger partial charge in [0.2, 0.25) is 5.95 Å². The molecule has 0 amide bonds. The van der Waals surface area contributed by atoms with E-state index in [1.165, 1.54) is 0 Å². The second-order valence-corrected chi connectivity index (χ2v) is 3.95. The Hall–Kier alpha value is -2.31. The largest absolute Gasteiger partial charge is 0.494 e. The average Bonchev–Trinajstić information content (AvgIpc) is 2.38. The second-order valence-electron chi connectivity index (χ2n) is 3.95. The summed E-state index contributed by atoms with van der Waals surface area (Å²) in [6, 6.07) is 7.42. The molecule has 1 heterocycles. The monoisotopic (exact) mass is 283 g/mol. The first-order valence-electron chi connectivity index (χ1n) is 5.85. The van der Waals surface area contributed by atoms with Crippen molar-refractivity contribution in [1.29, 1.82) is 0 Å². The lowest BCUT2D eigenvalue weighted by Crippen LogP contribution is -2.11. The van der Waals surface area contributed by atoms with Crippen molar-refractivity contribution in [3.63, 3.8) is 0 Å². The summed E-state index contributed by atoms with van der Waals surface area (Å²) in [6.45, 7) is 2.35. The van der Waals surface area contributed by atoms with E-state index in [4.69, 9.17) is 10.5 Å². The number of anilines is 1. The quantitative estimate of drug-likeness (QED) is 0.940. The van der Waals surface area contributed by atoms with Crippen molar-refractivity contribution >= 4 is 5.95 Å². The van der Waals surface area contributed by atoms with Crippen LogP contribution in [0, 0.1) is 0 Å². The molecule has 106 valence electrons. The minimum atomic E-state index is -4.56. The molecule has 1 aromatic carbocycles. The molecule has 2 aromatic rings. The number of nitrogens with two attached hydrogens (primary N) is 1. The summed E-state index contributed by atoms with van der Waals surface area (Å²) in [5, 5.41) is 0. The summed E-state index contributed by atoms with van der Waals surface area (Å²) >= 11 is 0. The first-order valence-corrected chi connectivity index (χ1v) is 5.85. The van der Waals surface area contributed by atoms with E-state index in [1.54, 1.807) is 24.3 Å². The van der Waals surface area contributed by atoms with Crippen molar-refractivity contribution in [3.05, 3.63) is 36.0 Å². The van der Waals surface area contributed by atoms with Gasteiger partial charge in [0.15, 0.2) is 5.69 Å². The molecule has 0 spiro atoms. The standard InChI is InChI=1S/C13H12F3N3O/c1-2-20-9-5-3-8(4-6-9)10-7-11(13(14,15)16)19-12(17)18-10/h3-7H,2H2,1H3,(H2,17,18,19). The molecule has 2 rings (SSSR count). The van der Waals surface area contributed by atoms with Crippen LogP contribution < -0.4 is 10.5 Å². The molecular formula is C13H12F3N3O. The highest BCUT2D eigenvalue weighted by atomic mass is 19.4. The molecule has 0 saturated heterocycles. The number of ether oxygens (including phenoxy) is 1. The topological polar surface area (TPSA) is 61.0 Å². The minimum Gasteiger partial charge on any atom is -0.494 e. The Morgan fingerprint density at radius 1 is 1.15 bits per heavy atom. The molecular weight excluding hydrogens is 271 g/mol. The minimum absolute atomic E-state index is 0.118. The van der Waals surface area contributed by atoms with Crippen LogP contribution in [0.5, 0.6) is 5.75 Å². The van der Waals surface area contributed by atoms with Crippen molar-refractivity contribution < 1.29 is 17.9 Å². The highest BCUT2D eigenvalue weighted by Crippen LogP contribution is 2.31. The van der Waals surface area contributed by atoms with E-state index in [2.05, 4.69) is 9.97 Å². The summed E-state index contributed by atoms with van der Waals surface area (Å²) in [6.07, 6.45) is -4.56. The van der Waals surface area contributed by atoms with Crippen molar-refractivity contribution in [1.82, 2.24) is 9.97 Å². The predicted octanol–water partition coefficient (Wildman–Crippen LogP) is 3.14. The summed E-state index contributed by atoms with van der Waals surface area (Å²) < 4.78 is 43.2. The smallest absolute Gasteiger partial charge is 0.433 e. The zero-order valence-electron chi connectivity index (χ0n) is 10.6. The molecule has 0 fully saturated rings. The highest BCUT2D eigenvalue weighted by molar-refractivity contribution is 5.61. The number of nitrogen functional groups attached to an aromatic ring is 1. The van der Waals surface area contributed by atoms with E-state index < -0.39 is 17.8 Å². The molecule has 0 saturated carbocycles. The molecule has 0 unspecified atom stereocenters. The Morgan fingerprint density at radius 2 is 1.80 bits per heavy atom. The lowest BCUT2D eigenvalue weighted by molar-refractivity contribution is -0.141. The van der Waals surface area contributed by atoms with Crippen LogP contribution in [0.2, 0.25) is 0 Å². The zero-order chi connectivity index (χ0) is 14.8. The van der Waals surface area contributed by atoms with Gasteiger partial charge in [0.25, 0.3) is 0 Å². The van der Waals surface area contributed by atoms with Gasteiger partial charge in [0.1, 0.15) is 5.75 Å². The Balaban J connectivity index is 2.39. The van der Waals surface area contributed by atoms with Crippen LogP contribution in [0.25, 0.3) is 11.3 Å². The Labute approximate surface area is 113 Å². The van der Waals surface area contributed by atoms with Crippen LogP contribution in [0.3, 0.4) is 0 Å². The fourth-order valence-corrected chi connectivity index (χ4v) is 1.65. The van der Waals surface area contributed by atoms with Gasteiger partial charge < -0.3 is 10.5 Å². The number of hydrogen-bond donors (Lipinski definition) is 1. The van der Waals surface area contributed by atoms with Crippen molar-refractivity contribution in [2.75, 3.05) is 12.3 Å². The van der Waals surface area contributed by atoms with Gasteiger partial charge in [-0.05, 0) is 37.3 Å². The summed E-state index contributed by atoms with van der Waals surface area (Å²) in [5.41, 5.74) is 4.89. The number of nitrogens with zero attached hydrogens (tertiary/aromatic N) is 2. The van der Waals surface area contributed by atoms with Gasteiger partial charge >= 0.3 is 6.18 Å². The van der Waals surface area contributed by atoms with Crippen molar-refractivity contribution in [3.8, 4) is 17.0 Å². The first kappa shape index (κ1) is 14.1. The van der Waals surface area contributed by atoms with Crippen LogP contribution in [0.15, 0.2) is 30.3 Å². The van der Waals surface area contributed by atoms with Gasteiger partial charge in [0.05, 0.1) is 12.3 Å². The number of hydrogen-bond acceptors (Lipinski definition) is 4. The van der Waals surface area contributed by atoms with Crippen LogP contribution >= 0.6 is 0 Å². The molecule has 2 N–H and O–H groups in total. The molecule has 7 heteroatoms. The molecule has 0 aliphatic rings. The summed E-state index contributed by atoms with van der Waals surface area (Å²) in [7, 11) is 0. The van der Waals surface area contributed by atoms with Crippen molar-refractivity contribution in [2.24, 2.45) is 0 Å². The molecule has 1 aromatic heterocycles. The zero-order valence-corrected chi connectivity index (χ0v) is 10.6. The fourth-order valence-electron chi connectivity index (χ4n) is 1.65. The van der Waals surface area contributed by atoms with E-state index in [0.717, 1.165) is 6.07 Å². The Kier molecular flexibility index (Phi) is 3.78. The van der Waals surface area contributed by atoms with Crippen LogP contribution in [0.1, 0.15) is 12.6 Å². The lowest BCUT2D eigenvalue weighted by atomic mass is 10.1. The van der Waals surface area contributed by atoms with E-state index in [0.29, 0.717) is 17.9 Å². The van der Waals surface area contributed by atoms with Crippen LogP contribution in [0.4, 0.5) is 19.1 Å². The number of benzene rings is 1. The van der Waals surface area contributed by atoms with Gasteiger partial charge in [-0.1, -0.05) is 0 Å². The van der Waals surface area contributed by atoms with Gasteiger partial charge in [-0.3, -0.25) is 0 Å². The SMILES string of the molecule is CCOc1ccc(-c2cc(C(F)(F)F)nc(N)n2)cc1. The normalized spacial score (nSPS) is 11.4. The summed E-state index contributed by atoms with van der Waals surface area (Å²) in [4.78, 5) is 7.01. The molecule has 0 aliphatic carbocycles. The highest BCUT2D eigenvalue weighted by Gasteiger charge is 2.33. The lowest BCUT2D eigenvalue weighted by Gasteiger charge is -2.09. The van der Waals surface area contributed by atoms with E-state index >= 15 is 0 Å². The third-order valence-corrected chi connectivity index (χ3v) is 2.49. The molecule has 0 radical (unpaired) electrons. The number of alkyl halides is 3.